The topological polar surface area (TPSA) is 23.8 Å². The van der Waals surface area contributed by atoms with Crippen molar-refractivity contribution >= 4 is 5.57 Å². The van der Waals surface area contributed by atoms with Gasteiger partial charge in [0, 0.05) is 5.57 Å². The summed E-state index contributed by atoms with van der Waals surface area (Å²) < 4.78 is 0. The van der Waals surface area contributed by atoms with E-state index in [2.05, 4.69) is 37.3 Å². The smallest absolute Gasteiger partial charge is 0.0988 e. The fraction of sp³-hybridized carbons (Fsp3) is 0.188. The number of allylic oxidation sites excluding steroid dienone is 6. The minimum Gasteiger partial charge on any atom is -0.192 e. The number of rotatable bonds is 3. The highest BCUT2D eigenvalue weighted by Crippen LogP contribution is 2.17. The minimum absolute atomic E-state index is 0.677. The van der Waals surface area contributed by atoms with Crippen LogP contribution in [0.1, 0.15) is 25.0 Å². The van der Waals surface area contributed by atoms with Crippen LogP contribution in [-0.2, 0) is 0 Å². The zero-order valence-electron chi connectivity index (χ0n) is 10.6. The van der Waals surface area contributed by atoms with Gasteiger partial charge in [0.05, 0.1) is 6.07 Å². The summed E-state index contributed by atoms with van der Waals surface area (Å²) >= 11 is 0. The zero-order chi connectivity index (χ0) is 12.7. The van der Waals surface area contributed by atoms with E-state index in [1.165, 1.54) is 11.1 Å². The van der Waals surface area contributed by atoms with Crippen LogP contribution in [0.25, 0.3) is 5.57 Å². The summed E-state index contributed by atoms with van der Waals surface area (Å²) in [4.78, 5) is 0. The third-order valence-corrected chi connectivity index (χ3v) is 2.58. The molecule has 0 aliphatic rings. The fourth-order valence-electron chi connectivity index (χ4n) is 1.48. The van der Waals surface area contributed by atoms with Crippen molar-refractivity contribution in [2.24, 2.45) is 0 Å². The Hall–Kier alpha value is -2.07. The standard InChI is InChI=1S/C16H17N/c1-4-14(12-17)8-11-15(5-2)16-9-6-13(3)7-10-16/h4-11H,1-3H3. The first kappa shape index (κ1) is 13.0. The molecule has 0 spiro atoms. The SMILES string of the molecule is CC=C(C#N)C=CC(=CC)c1ccc(C)cc1. The maximum absolute atomic E-state index is 8.83. The molecule has 0 heterocycles. The molecule has 86 valence electrons. The molecule has 0 atom stereocenters. The van der Waals surface area contributed by atoms with Gasteiger partial charge in [0.25, 0.3) is 0 Å². The first-order chi connectivity index (χ1) is 8.21. The van der Waals surface area contributed by atoms with Gasteiger partial charge < -0.3 is 0 Å². The molecule has 0 amide bonds. The van der Waals surface area contributed by atoms with E-state index in [0.29, 0.717) is 5.57 Å². The van der Waals surface area contributed by atoms with E-state index in [4.69, 9.17) is 5.26 Å². The third-order valence-electron chi connectivity index (χ3n) is 2.58. The number of aryl methyl sites for hydroxylation is 1. The highest BCUT2D eigenvalue weighted by Gasteiger charge is 1.96. The van der Waals surface area contributed by atoms with Gasteiger partial charge in [0.1, 0.15) is 0 Å². The molecular weight excluding hydrogens is 206 g/mol. The van der Waals surface area contributed by atoms with Crippen LogP contribution in [0.2, 0.25) is 0 Å². The van der Waals surface area contributed by atoms with Crippen molar-refractivity contribution in [2.75, 3.05) is 0 Å². The second-order valence-corrected chi connectivity index (χ2v) is 3.80. The monoisotopic (exact) mass is 223 g/mol. The number of nitrogens with zero attached hydrogens (tertiary/aromatic N) is 1. The summed E-state index contributed by atoms with van der Waals surface area (Å²) in [6.07, 6.45) is 7.67. The summed E-state index contributed by atoms with van der Waals surface area (Å²) in [7, 11) is 0. The Bertz CT molecular complexity index is 493. The molecule has 1 nitrogen and oxygen atoms in total. The predicted molar refractivity (Wildman–Crippen MR) is 73.3 cm³/mol. The number of hydrogen-bond donors (Lipinski definition) is 0. The molecule has 0 bridgehead atoms. The van der Waals surface area contributed by atoms with E-state index in [0.717, 1.165) is 5.57 Å². The van der Waals surface area contributed by atoms with Gasteiger partial charge in [-0.15, -0.1) is 0 Å². The van der Waals surface area contributed by atoms with Crippen LogP contribution < -0.4 is 0 Å². The highest BCUT2D eigenvalue weighted by molar-refractivity contribution is 5.74. The second-order valence-electron chi connectivity index (χ2n) is 3.80. The Morgan fingerprint density at radius 3 is 2.18 bits per heavy atom. The Morgan fingerprint density at radius 1 is 1.06 bits per heavy atom. The van der Waals surface area contributed by atoms with Gasteiger partial charge in [-0.25, -0.2) is 0 Å². The Labute approximate surface area is 103 Å². The molecule has 1 aromatic carbocycles. The highest BCUT2D eigenvalue weighted by atomic mass is 14.2. The first-order valence-electron chi connectivity index (χ1n) is 5.69. The lowest BCUT2D eigenvalue weighted by Gasteiger charge is -2.02. The molecule has 0 unspecified atom stereocenters. The number of nitriles is 1. The van der Waals surface area contributed by atoms with Gasteiger partial charge in [-0.1, -0.05) is 48.1 Å². The van der Waals surface area contributed by atoms with Crippen LogP contribution in [0.5, 0.6) is 0 Å². The lowest BCUT2D eigenvalue weighted by Crippen LogP contribution is -1.81. The van der Waals surface area contributed by atoms with Crippen molar-refractivity contribution in [3.63, 3.8) is 0 Å². The van der Waals surface area contributed by atoms with Gasteiger partial charge in [-0.2, -0.15) is 5.26 Å². The zero-order valence-corrected chi connectivity index (χ0v) is 10.6. The number of benzene rings is 1. The van der Waals surface area contributed by atoms with Crippen molar-refractivity contribution in [2.45, 2.75) is 20.8 Å². The van der Waals surface area contributed by atoms with Crippen molar-refractivity contribution in [1.82, 2.24) is 0 Å². The number of hydrogen-bond acceptors (Lipinski definition) is 1. The van der Waals surface area contributed by atoms with E-state index in [-0.39, 0.29) is 0 Å². The fourth-order valence-corrected chi connectivity index (χ4v) is 1.48. The average molecular weight is 223 g/mol. The van der Waals surface area contributed by atoms with Gasteiger partial charge >= 0.3 is 0 Å². The molecule has 0 aliphatic heterocycles. The van der Waals surface area contributed by atoms with Crippen LogP contribution in [0.3, 0.4) is 0 Å². The lowest BCUT2D eigenvalue weighted by molar-refractivity contribution is 1.45. The normalized spacial score (nSPS) is 12.8. The van der Waals surface area contributed by atoms with Gasteiger partial charge in [-0.3, -0.25) is 0 Å². The Balaban J connectivity index is 2.96. The maximum Gasteiger partial charge on any atom is 0.0988 e. The quantitative estimate of drug-likeness (QED) is 0.549. The third kappa shape index (κ3) is 3.77. The van der Waals surface area contributed by atoms with E-state index in [9.17, 15) is 0 Å². The molecule has 1 aromatic rings. The molecule has 0 saturated heterocycles. The van der Waals surface area contributed by atoms with Crippen LogP contribution in [-0.4, -0.2) is 0 Å². The molecule has 17 heavy (non-hydrogen) atoms. The van der Waals surface area contributed by atoms with Crippen molar-refractivity contribution in [1.29, 1.82) is 5.26 Å². The molecule has 0 radical (unpaired) electrons. The van der Waals surface area contributed by atoms with E-state index in [1.807, 2.05) is 32.1 Å². The summed E-state index contributed by atoms with van der Waals surface area (Å²) in [5.41, 5.74) is 4.22. The van der Waals surface area contributed by atoms with Crippen LogP contribution >= 0.6 is 0 Å². The summed E-state index contributed by atoms with van der Waals surface area (Å²) in [6.45, 7) is 5.94. The maximum atomic E-state index is 8.83. The minimum atomic E-state index is 0.677. The predicted octanol–water partition coefficient (Wildman–Crippen LogP) is 4.42. The van der Waals surface area contributed by atoms with E-state index < -0.39 is 0 Å². The lowest BCUT2D eigenvalue weighted by atomic mass is 10.0. The van der Waals surface area contributed by atoms with Gasteiger partial charge in [0.15, 0.2) is 0 Å². The van der Waals surface area contributed by atoms with Gasteiger partial charge in [-0.05, 0) is 38.0 Å². The van der Waals surface area contributed by atoms with Crippen molar-refractivity contribution in [3.05, 3.63) is 65.3 Å². The van der Waals surface area contributed by atoms with Crippen LogP contribution in [0.15, 0.2) is 54.1 Å². The molecular formula is C16H17N. The Kier molecular flexibility index (Phi) is 4.97. The van der Waals surface area contributed by atoms with Crippen LogP contribution in [0, 0.1) is 18.3 Å². The molecule has 0 aromatic heterocycles. The summed E-state index contributed by atoms with van der Waals surface area (Å²) in [5.74, 6) is 0. The average Bonchev–Trinajstić information content (AvgIpc) is 2.36. The Morgan fingerprint density at radius 2 is 1.71 bits per heavy atom. The van der Waals surface area contributed by atoms with Gasteiger partial charge in [0.2, 0.25) is 0 Å². The molecule has 1 rings (SSSR count). The first-order valence-corrected chi connectivity index (χ1v) is 5.69. The molecule has 0 aliphatic carbocycles. The van der Waals surface area contributed by atoms with E-state index >= 15 is 0 Å². The summed E-state index contributed by atoms with van der Waals surface area (Å²) in [6, 6.07) is 10.5. The molecule has 0 saturated carbocycles. The largest absolute Gasteiger partial charge is 0.192 e. The second kappa shape index (κ2) is 6.50. The molecule has 0 fully saturated rings. The summed E-state index contributed by atoms with van der Waals surface area (Å²) in [5, 5.41) is 8.83. The van der Waals surface area contributed by atoms with Crippen molar-refractivity contribution < 1.29 is 0 Å². The van der Waals surface area contributed by atoms with Crippen molar-refractivity contribution in [3.8, 4) is 6.07 Å². The molecule has 1 heteroatoms. The van der Waals surface area contributed by atoms with E-state index in [1.54, 1.807) is 6.08 Å². The molecule has 0 N–H and O–H groups in total. The van der Waals surface area contributed by atoms with Crippen LogP contribution in [0.4, 0.5) is 0 Å².